The number of amides is 1. The highest BCUT2D eigenvalue weighted by atomic mass is 79.9. The van der Waals surface area contributed by atoms with Gasteiger partial charge in [-0.1, -0.05) is 17.7 Å². The first-order valence-electron chi connectivity index (χ1n) is 5.51. The van der Waals surface area contributed by atoms with Gasteiger partial charge in [0, 0.05) is 17.1 Å². The largest absolute Gasteiger partial charge is 0.395 e. The molecule has 3 nitrogen and oxygen atoms in total. The summed E-state index contributed by atoms with van der Waals surface area (Å²) in [6.45, 7) is 0.347. The van der Waals surface area contributed by atoms with Gasteiger partial charge in [0.05, 0.1) is 17.2 Å². The van der Waals surface area contributed by atoms with Crippen molar-refractivity contribution in [1.29, 1.82) is 0 Å². The van der Waals surface area contributed by atoms with Gasteiger partial charge in [0.1, 0.15) is 0 Å². The number of hydrogen-bond donors (Lipinski definition) is 1. The van der Waals surface area contributed by atoms with Crippen LogP contribution in [-0.4, -0.2) is 35.1 Å². The van der Waals surface area contributed by atoms with Gasteiger partial charge in [-0.15, -0.1) is 0 Å². The number of benzene rings is 1. The molecule has 1 N–H and O–H groups in total. The number of hydrogen-bond acceptors (Lipinski definition) is 2. The zero-order valence-electron chi connectivity index (χ0n) is 9.20. The summed E-state index contributed by atoms with van der Waals surface area (Å²) in [5.74, 6) is -0.104. The van der Waals surface area contributed by atoms with Crippen molar-refractivity contribution in [2.45, 2.75) is 18.9 Å². The molecule has 1 amide bonds. The summed E-state index contributed by atoms with van der Waals surface area (Å²) in [6.07, 6.45) is 2.02. The van der Waals surface area contributed by atoms with E-state index in [4.69, 9.17) is 16.7 Å². The van der Waals surface area contributed by atoms with Crippen molar-refractivity contribution in [3.05, 3.63) is 33.3 Å². The molecule has 0 atom stereocenters. The van der Waals surface area contributed by atoms with Crippen molar-refractivity contribution in [1.82, 2.24) is 4.90 Å². The molecule has 5 heteroatoms. The third-order valence-electron chi connectivity index (χ3n) is 2.77. The first kappa shape index (κ1) is 12.9. The molecule has 2 rings (SSSR count). The van der Waals surface area contributed by atoms with Crippen molar-refractivity contribution < 1.29 is 9.90 Å². The molecule has 1 aromatic rings. The van der Waals surface area contributed by atoms with E-state index in [1.807, 2.05) is 0 Å². The molecule has 17 heavy (non-hydrogen) atoms. The topological polar surface area (TPSA) is 40.5 Å². The van der Waals surface area contributed by atoms with Crippen LogP contribution in [0, 0.1) is 0 Å². The smallest absolute Gasteiger partial charge is 0.255 e. The lowest BCUT2D eigenvalue weighted by Crippen LogP contribution is -2.35. The molecule has 0 unspecified atom stereocenters. The molecule has 0 spiro atoms. The van der Waals surface area contributed by atoms with E-state index in [0.29, 0.717) is 21.6 Å². The Morgan fingerprint density at radius 1 is 1.53 bits per heavy atom. The monoisotopic (exact) mass is 317 g/mol. The third-order valence-corrected chi connectivity index (χ3v) is 4.07. The van der Waals surface area contributed by atoms with Gasteiger partial charge < -0.3 is 10.0 Å². The van der Waals surface area contributed by atoms with Crippen LogP contribution in [0.25, 0.3) is 0 Å². The summed E-state index contributed by atoms with van der Waals surface area (Å²) in [4.78, 5) is 14.0. The average molecular weight is 319 g/mol. The standard InChI is InChI=1S/C12H13BrClNO2/c13-10-3-1-2-9(11(10)14)12(17)15(6-7-16)8-4-5-8/h1-3,8,16H,4-7H2. The van der Waals surface area contributed by atoms with Gasteiger partial charge in [-0.25, -0.2) is 0 Å². The number of aliphatic hydroxyl groups is 1. The molecule has 1 fully saturated rings. The maximum absolute atomic E-state index is 12.3. The normalized spacial score (nSPS) is 14.8. The van der Waals surface area contributed by atoms with Crippen LogP contribution in [0.2, 0.25) is 5.02 Å². The molecule has 0 aromatic heterocycles. The molecular formula is C12H13BrClNO2. The number of halogens is 2. The zero-order chi connectivity index (χ0) is 12.4. The van der Waals surface area contributed by atoms with Gasteiger partial charge in [-0.2, -0.15) is 0 Å². The minimum absolute atomic E-state index is 0.0200. The van der Waals surface area contributed by atoms with Crippen LogP contribution in [0.3, 0.4) is 0 Å². The number of nitrogens with zero attached hydrogens (tertiary/aromatic N) is 1. The van der Waals surface area contributed by atoms with E-state index in [1.54, 1.807) is 23.1 Å². The molecule has 1 aliphatic rings. The number of aliphatic hydroxyl groups excluding tert-OH is 1. The van der Waals surface area contributed by atoms with Gasteiger partial charge in [-0.3, -0.25) is 4.79 Å². The molecule has 0 aliphatic heterocycles. The quantitative estimate of drug-likeness (QED) is 0.927. The highest BCUT2D eigenvalue weighted by Crippen LogP contribution is 2.31. The van der Waals surface area contributed by atoms with Gasteiger partial charge >= 0.3 is 0 Å². The predicted octanol–water partition coefficient (Wildman–Crippen LogP) is 2.70. The first-order valence-corrected chi connectivity index (χ1v) is 6.68. The Hall–Kier alpha value is -0.580. The number of carbonyl (C=O) groups is 1. The van der Waals surface area contributed by atoms with E-state index in [1.165, 1.54) is 0 Å². The Morgan fingerprint density at radius 3 is 2.82 bits per heavy atom. The van der Waals surface area contributed by atoms with Gasteiger partial charge in [-0.05, 0) is 40.9 Å². The lowest BCUT2D eigenvalue weighted by Gasteiger charge is -2.22. The van der Waals surface area contributed by atoms with E-state index in [2.05, 4.69) is 15.9 Å². The van der Waals surface area contributed by atoms with E-state index >= 15 is 0 Å². The molecule has 0 radical (unpaired) electrons. The molecule has 92 valence electrons. The molecular weight excluding hydrogens is 305 g/mol. The minimum atomic E-state index is -0.104. The fraction of sp³-hybridized carbons (Fsp3) is 0.417. The van der Waals surface area contributed by atoms with Crippen LogP contribution in [0.5, 0.6) is 0 Å². The molecule has 1 aliphatic carbocycles. The lowest BCUT2D eigenvalue weighted by molar-refractivity contribution is 0.0708. The molecule has 1 aromatic carbocycles. The maximum Gasteiger partial charge on any atom is 0.255 e. The Balaban J connectivity index is 2.25. The van der Waals surface area contributed by atoms with Crippen molar-refractivity contribution in [3.63, 3.8) is 0 Å². The maximum atomic E-state index is 12.3. The summed E-state index contributed by atoms with van der Waals surface area (Å²) in [5, 5.41) is 9.43. The van der Waals surface area contributed by atoms with Crippen LogP contribution in [-0.2, 0) is 0 Å². The summed E-state index contributed by atoms with van der Waals surface area (Å²) < 4.78 is 0.713. The summed E-state index contributed by atoms with van der Waals surface area (Å²) in [6, 6.07) is 5.56. The highest BCUT2D eigenvalue weighted by molar-refractivity contribution is 9.10. The summed E-state index contributed by atoms with van der Waals surface area (Å²) in [7, 11) is 0. The van der Waals surface area contributed by atoms with Crippen LogP contribution in [0.15, 0.2) is 22.7 Å². The molecule has 0 heterocycles. The number of carbonyl (C=O) groups excluding carboxylic acids is 1. The van der Waals surface area contributed by atoms with E-state index in [9.17, 15) is 4.79 Å². The van der Waals surface area contributed by atoms with Crippen LogP contribution in [0.1, 0.15) is 23.2 Å². The van der Waals surface area contributed by atoms with Crippen molar-refractivity contribution in [2.75, 3.05) is 13.2 Å². The first-order chi connectivity index (χ1) is 8.15. The lowest BCUT2D eigenvalue weighted by atomic mass is 10.2. The van der Waals surface area contributed by atoms with Crippen molar-refractivity contribution in [2.24, 2.45) is 0 Å². The van der Waals surface area contributed by atoms with E-state index < -0.39 is 0 Å². The molecule has 1 saturated carbocycles. The van der Waals surface area contributed by atoms with E-state index in [-0.39, 0.29) is 18.6 Å². The van der Waals surface area contributed by atoms with Crippen LogP contribution >= 0.6 is 27.5 Å². The predicted molar refractivity (Wildman–Crippen MR) is 70.3 cm³/mol. The second-order valence-corrected chi connectivity index (χ2v) is 5.29. The third kappa shape index (κ3) is 2.81. The average Bonchev–Trinajstić information content (AvgIpc) is 3.13. The van der Waals surface area contributed by atoms with Crippen molar-refractivity contribution in [3.8, 4) is 0 Å². The van der Waals surface area contributed by atoms with Gasteiger partial charge in [0.15, 0.2) is 0 Å². The second-order valence-electron chi connectivity index (χ2n) is 4.05. The van der Waals surface area contributed by atoms with Gasteiger partial charge in [0.2, 0.25) is 0 Å². The van der Waals surface area contributed by atoms with Gasteiger partial charge in [0.25, 0.3) is 5.91 Å². The Morgan fingerprint density at radius 2 is 2.24 bits per heavy atom. The number of rotatable bonds is 4. The Bertz CT molecular complexity index is 435. The van der Waals surface area contributed by atoms with Crippen molar-refractivity contribution >= 4 is 33.4 Å². The summed E-state index contributed by atoms with van der Waals surface area (Å²) in [5.41, 5.74) is 0.487. The zero-order valence-corrected chi connectivity index (χ0v) is 11.5. The second kappa shape index (κ2) is 5.38. The van der Waals surface area contributed by atoms with E-state index in [0.717, 1.165) is 12.8 Å². The SMILES string of the molecule is O=C(c1cccc(Br)c1Cl)N(CCO)C1CC1. The molecule has 0 bridgehead atoms. The minimum Gasteiger partial charge on any atom is -0.395 e. The Kier molecular flexibility index (Phi) is 4.07. The highest BCUT2D eigenvalue weighted by Gasteiger charge is 2.33. The van der Waals surface area contributed by atoms with Crippen LogP contribution in [0.4, 0.5) is 0 Å². The Labute approximate surface area is 114 Å². The fourth-order valence-corrected chi connectivity index (χ4v) is 2.34. The molecule has 0 saturated heterocycles. The van der Waals surface area contributed by atoms with Crippen LogP contribution < -0.4 is 0 Å². The summed E-state index contributed by atoms with van der Waals surface area (Å²) >= 11 is 9.40. The fourth-order valence-electron chi connectivity index (χ4n) is 1.77.